The monoisotopic (exact) mass is 225 g/mol. The third kappa shape index (κ3) is 3.63. The van der Waals surface area contributed by atoms with Crippen molar-refractivity contribution in [3.63, 3.8) is 0 Å². The molecule has 15 heavy (non-hydrogen) atoms. The Hall–Kier alpha value is -1.49. The number of carbonyl (C=O) groups is 1. The molecule has 0 amide bonds. The summed E-state index contributed by atoms with van der Waals surface area (Å²) in [5.41, 5.74) is 0.696. The van der Waals surface area contributed by atoms with Crippen LogP contribution in [0.3, 0.4) is 0 Å². The van der Waals surface area contributed by atoms with Crippen LogP contribution in [-0.2, 0) is 4.79 Å². The molecular weight excluding hydrogens is 214 g/mol. The summed E-state index contributed by atoms with van der Waals surface area (Å²) in [7, 11) is 1.57. The van der Waals surface area contributed by atoms with E-state index in [-0.39, 0.29) is 10.8 Å². The second-order valence-corrected chi connectivity index (χ2v) is 3.73. The second-order valence-electron chi connectivity index (χ2n) is 2.74. The molecule has 1 rings (SSSR count). The highest BCUT2D eigenvalue weighted by Gasteiger charge is 2.05. The molecule has 2 N–H and O–H groups in total. The van der Waals surface area contributed by atoms with E-state index in [1.165, 1.54) is 0 Å². The SMILES string of the molecule is COc1ccc(C(=N)SCC(=O)O)cc1. The first-order valence-corrected chi connectivity index (χ1v) is 5.19. The number of carboxylic acids is 1. The van der Waals surface area contributed by atoms with Crippen molar-refractivity contribution in [1.82, 2.24) is 0 Å². The van der Waals surface area contributed by atoms with Gasteiger partial charge in [0.1, 0.15) is 5.75 Å². The van der Waals surface area contributed by atoms with Crippen molar-refractivity contribution in [2.24, 2.45) is 0 Å². The maximum atomic E-state index is 10.3. The van der Waals surface area contributed by atoms with E-state index in [9.17, 15) is 4.79 Å². The molecule has 0 aromatic heterocycles. The van der Waals surface area contributed by atoms with Crippen molar-refractivity contribution in [2.75, 3.05) is 12.9 Å². The average Bonchev–Trinajstić information content (AvgIpc) is 2.26. The van der Waals surface area contributed by atoms with Crippen molar-refractivity contribution in [3.8, 4) is 5.75 Å². The van der Waals surface area contributed by atoms with Gasteiger partial charge in [-0.3, -0.25) is 10.2 Å². The van der Waals surface area contributed by atoms with Gasteiger partial charge in [0.15, 0.2) is 0 Å². The van der Waals surface area contributed by atoms with Crippen molar-refractivity contribution in [3.05, 3.63) is 29.8 Å². The van der Waals surface area contributed by atoms with E-state index in [0.29, 0.717) is 5.56 Å². The first kappa shape index (κ1) is 11.6. The van der Waals surface area contributed by atoms with Gasteiger partial charge in [0.2, 0.25) is 0 Å². The van der Waals surface area contributed by atoms with E-state index in [0.717, 1.165) is 17.5 Å². The molecule has 0 aliphatic rings. The zero-order valence-corrected chi connectivity index (χ0v) is 9.00. The van der Waals surface area contributed by atoms with Crippen LogP contribution < -0.4 is 4.74 Å². The summed E-state index contributed by atoms with van der Waals surface area (Å²) in [5, 5.41) is 16.3. The third-order valence-corrected chi connectivity index (χ3v) is 2.61. The highest BCUT2D eigenvalue weighted by atomic mass is 32.2. The van der Waals surface area contributed by atoms with Gasteiger partial charge in [0.05, 0.1) is 17.9 Å². The molecule has 5 heteroatoms. The van der Waals surface area contributed by atoms with E-state index < -0.39 is 5.97 Å². The minimum absolute atomic E-state index is 0.0924. The fourth-order valence-electron chi connectivity index (χ4n) is 0.960. The van der Waals surface area contributed by atoms with Gasteiger partial charge in [-0.05, 0) is 24.3 Å². The standard InChI is InChI=1S/C10H11NO3S/c1-14-8-4-2-7(3-5-8)10(11)15-6-9(12)13/h2-5,11H,6H2,1H3,(H,12,13). The van der Waals surface area contributed by atoms with Gasteiger partial charge in [-0.2, -0.15) is 0 Å². The average molecular weight is 225 g/mol. The van der Waals surface area contributed by atoms with Gasteiger partial charge in [-0.1, -0.05) is 11.8 Å². The number of hydrogen-bond acceptors (Lipinski definition) is 4. The highest BCUT2D eigenvalue weighted by molar-refractivity contribution is 8.14. The summed E-state index contributed by atoms with van der Waals surface area (Å²) in [5.74, 6) is -0.293. The van der Waals surface area contributed by atoms with E-state index in [1.54, 1.807) is 31.4 Å². The topological polar surface area (TPSA) is 70.4 Å². The van der Waals surface area contributed by atoms with Crippen LogP contribution in [0, 0.1) is 5.41 Å². The molecule has 0 bridgehead atoms. The molecule has 4 nitrogen and oxygen atoms in total. The Balaban J connectivity index is 2.62. The Bertz CT molecular complexity index is 361. The third-order valence-electron chi connectivity index (χ3n) is 1.69. The number of nitrogens with one attached hydrogen (secondary N) is 1. The normalized spacial score (nSPS) is 9.67. The summed E-state index contributed by atoms with van der Waals surface area (Å²) in [6.45, 7) is 0. The van der Waals surface area contributed by atoms with Crippen molar-refractivity contribution in [1.29, 1.82) is 5.41 Å². The van der Waals surface area contributed by atoms with E-state index in [4.69, 9.17) is 15.3 Å². The van der Waals surface area contributed by atoms with Crippen LogP contribution in [0.2, 0.25) is 0 Å². The predicted molar refractivity (Wildman–Crippen MR) is 59.9 cm³/mol. The Morgan fingerprint density at radius 3 is 2.53 bits per heavy atom. The van der Waals surface area contributed by atoms with E-state index in [2.05, 4.69) is 0 Å². The van der Waals surface area contributed by atoms with Gasteiger partial charge in [0, 0.05) is 5.56 Å². The van der Waals surface area contributed by atoms with Crippen LogP contribution >= 0.6 is 11.8 Å². The molecule has 1 aromatic carbocycles. The fourth-order valence-corrected chi connectivity index (χ4v) is 1.53. The number of aliphatic carboxylic acids is 1. The molecule has 0 aliphatic carbocycles. The number of thioether (sulfide) groups is 1. The largest absolute Gasteiger partial charge is 0.497 e. The van der Waals surface area contributed by atoms with Crippen LogP contribution in [0.5, 0.6) is 5.75 Å². The first-order valence-electron chi connectivity index (χ1n) is 4.21. The van der Waals surface area contributed by atoms with Crippen molar-refractivity contribution < 1.29 is 14.6 Å². The molecule has 0 unspecified atom stereocenters. The maximum absolute atomic E-state index is 10.3. The second kappa shape index (κ2) is 5.41. The summed E-state index contributed by atoms with van der Waals surface area (Å²) in [6, 6.07) is 6.95. The van der Waals surface area contributed by atoms with Gasteiger partial charge < -0.3 is 9.84 Å². The van der Waals surface area contributed by atoms with Gasteiger partial charge in [-0.25, -0.2) is 0 Å². The molecule has 0 heterocycles. The Labute approximate surface area is 91.8 Å². The van der Waals surface area contributed by atoms with Crippen molar-refractivity contribution >= 4 is 22.8 Å². The fraction of sp³-hybridized carbons (Fsp3) is 0.200. The molecule has 0 fully saturated rings. The van der Waals surface area contributed by atoms with E-state index >= 15 is 0 Å². The van der Waals surface area contributed by atoms with Crippen LogP contribution in [0.25, 0.3) is 0 Å². The van der Waals surface area contributed by atoms with Crippen molar-refractivity contribution in [2.45, 2.75) is 0 Å². The molecule has 1 aromatic rings. The van der Waals surface area contributed by atoms with E-state index in [1.807, 2.05) is 0 Å². The molecule has 0 saturated carbocycles. The lowest BCUT2D eigenvalue weighted by molar-refractivity contribution is -0.133. The van der Waals surface area contributed by atoms with Gasteiger partial charge >= 0.3 is 5.97 Å². The Morgan fingerprint density at radius 2 is 2.07 bits per heavy atom. The summed E-state index contributed by atoms with van der Waals surface area (Å²) < 4.78 is 4.98. The molecular formula is C10H11NO3S. The minimum Gasteiger partial charge on any atom is -0.497 e. The summed E-state index contributed by atoms with van der Waals surface area (Å²) in [6.07, 6.45) is 0. The lowest BCUT2D eigenvalue weighted by atomic mass is 10.2. The van der Waals surface area contributed by atoms with Gasteiger partial charge in [0.25, 0.3) is 0 Å². The molecule has 0 atom stereocenters. The van der Waals surface area contributed by atoms with Crippen LogP contribution in [0.4, 0.5) is 0 Å². The lowest BCUT2D eigenvalue weighted by Gasteiger charge is -2.03. The molecule has 0 aliphatic heterocycles. The smallest absolute Gasteiger partial charge is 0.313 e. The zero-order valence-electron chi connectivity index (χ0n) is 8.19. The Morgan fingerprint density at radius 1 is 1.47 bits per heavy atom. The molecule has 80 valence electrons. The lowest BCUT2D eigenvalue weighted by Crippen LogP contribution is -2.02. The molecule has 0 saturated heterocycles. The Kier molecular flexibility index (Phi) is 4.17. The number of methoxy groups -OCH3 is 1. The minimum atomic E-state index is -0.918. The number of carboxylic acid groups (broad SMARTS) is 1. The number of benzene rings is 1. The quantitative estimate of drug-likeness (QED) is 0.606. The number of hydrogen-bond donors (Lipinski definition) is 2. The molecule has 0 spiro atoms. The van der Waals surface area contributed by atoms with Crippen LogP contribution in [0.15, 0.2) is 24.3 Å². The zero-order chi connectivity index (χ0) is 11.3. The molecule has 0 radical (unpaired) electrons. The predicted octanol–water partition coefficient (Wildman–Crippen LogP) is 1.84. The highest BCUT2D eigenvalue weighted by Crippen LogP contribution is 2.16. The summed E-state index contributed by atoms with van der Waals surface area (Å²) in [4.78, 5) is 10.3. The number of ether oxygens (including phenoxy) is 1. The summed E-state index contributed by atoms with van der Waals surface area (Å²) >= 11 is 0.994. The van der Waals surface area contributed by atoms with Crippen LogP contribution in [-0.4, -0.2) is 29.0 Å². The maximum Gasteiger partial charge on any atom is 0.313 e. The van der Waals surface area contributed by atoms with Crippen LogP contribution in [0.1, 0.15) is 5.56 Å². The number of rotatable bonds is 4. The first-order chi connectivity index (χ1) is 7.13. The van der Waals surface area contributed by atoms with Gasteiger partial charge in [-0.15, -0.1) is 0 Å².